The normalized spacial score (nSPS) is 31.2. The van der Waals surface area contributed by atoms with Gasteiger partial charge in [0.15, 0.2) is 0 Å². The van der Waals surface area contributed by atoms with Crippen LogP contribution in [0.3, 0.4) is 0 Å². The molecule has 3 N–H and O–H groups in total. The minimum atomic E-state index is -0.259. The number of hydrogen-bond donors (Lipinski definition) is 3. The lowest BCUT2D eigenvalue weighted by Gasteiger charge is -2.36. The van der Waals surface area contributed by atoms with Crippen molar-refractivity contribution < 1.29 is 9.90 Å². The number of nitrogens with one attached hydrogen (secondary N) is 2. The summed E-state index contributed by atoms with van der Waals surface area (Å²) in [6, 6.07) is 0. The minimum Gasteiger partial charge on any atom is -0.396 e. The van der Waals surface area contributed by atoms with Gasteiger partial charge in [0, 0.05) is 18.5 Å². The van der Waals surface area contributed by atoms with Gasteiger partial charge in [-0.15, -0.1) is 0 Å². The molecule has 1 saturated heterocycles. The zero-order valence-electron chi connectivity index (χ0n) is 11.4. The molecule has 2 rings (SSSR count). The molecule has 0 spiro atoms. The molecule has 1 aliphatic heterocycles. The molecule has 4 heteroatoms. The highest BCUT2D eigenvalue weighted by molar-refractivity contribution is 5.82. The molecule has 1 amide bonds. The predicted molar refractivity (Wildman–Crippen MR) is 71.2 cm³/mol. The van der Waals surface area contributed by atoms with Crippen molar-refractivity contribution >= 4 is 5.91 Å². The summed E-state index contributed by atoms with van der Waals surface area (Å²) in [4.78, 5) is 12.2. The zero-order valence-corrected chi connectivity index (χ0v) is 11.4. The van der Waals surface area contributed by atoms with Gasteiger partial charge in [-0.2, -0.15) is 0 Å². The van der Waals surface area contributed by atoms with Crippen molar-refractivity contribution in [3.8, 4) is 0 Å². The third-order valence-electron chi connectivity index (χ3n) is 4.79. The second-order valence-corrected chi connectivity index (χ2v) is 6.39. The maximum absolute atomic E-state index is 12.2. The topological polar surface area (TPSA) is 61.4 Å². The number of hydrogen-bond acceptors (Lipinski definition) is 3. The summed E-state index contributed by atoms with van der Waals surface area (Å²) in [7, 11) is 0. The SMILES string of the molecule is CC1(C(=O)NCC2(CO)CCCCC2)CCNC1. The Morgan fingerprint density at radius 3 is 2.56 bits per heavy atom. The smallest absolute Gasteiger partial charge is 0.227 e. The van der Waals surface area contributed by atoms with Crippen molar-refractivity contribution in [3.63, 3.8) is 0 Å². The van der Waals surface area contributed by atoms with E-state index >= 15 is 0 Å². The summed E-state index contributed by atoms with van der Waals surface area (Å²) in [6.45, 7) is 4.55. The van der Waals surface area contributed by atoms with Crippen LogP contribution in [0.4, 0.5) is 0 Å². The average Bonchev–Trinajstić information content (AvgIpc) is 2.85. The highest BCUT2D eigenvalue weighted by atomic mass is 16.3. The Balaban J connectivity index is 1.87. The van der Waals surface area contributed by atoms with Gasteiger partial charge in [-0.25, -0.2) is 0 Å². The Hall–Kier alpha value is -0.610. The van der Waals surface area contributed by atoms with Crippen molar-refractivity contribution in [3.05, 3.63) is 0 Å². The number of carbonyl (C=O) groups excluding carboxylic acids is 1. The van der Waals surface area contributed by atoms with E-state index in [1.165, 1.54) is 19.3 Å². The van der Waals surface area contributed by atoms with E-state index in [2.05, 4.69) is 10.6 Å². The summed E-state index contributed by atoms with van der Waals surface area (Å²) in [5.74, 6) is 0.144. The van der Waals surface area contributed by atoms with Crippen molar-refractivity contribution in [1.29, 1.82) is 0 Å². The molecule has 4 nitrogen and oxygen atoms in total. The van der Waals surface area contributed by atoms with Crippen LogP contribution in [0.1, 0.15) is 45.4 Å². The van der Waals surface area contributed by atoms with Gasteiger partial charge in [-0.3, -0.25) is 4.79 Å². The van der Waals surface area contributed by atoms with Crippen molar-refractivity contribution in [2.45, 2.75) is 45.4 Å². The molecule has 104 valence electrons. The van der Waals surface area contributed by atoms with E-state index < -0.39 is 0 Å². The van der Waals surface area contributed by atoms with Gasteiger partial charge in [-0.1, -0.05) is 19.3 Å². The van der Waals surface area contributed by atoms with E-state index in [1.807, 2.05) is 6.92 Å². The lowest BCUT2D eigenvalue weighted by molar-refractivity contribution is -0.130. The van der Waals surface area contributed by atoms with Crippen molar-refractivity contribution in [1.82, 2.24) is 10.6 Å². The zero-order chi connectivity index (χ0) is 13.1. The predicted octanol–water partition coefficient (Wildman–Crippen LogP) is 1.04. The fourth-order valence-corrected chi connectivity index (χ4v) is 3.18. The molecular formula is C14H26N2O2. The maximum Gasteiger partial charge on any atom is 0.227 e. The van der Waals surface area contributed by atoms with Crippen LogP contribution in [0.25, 0.3) is 0 Å². The molecule has 1 aliphatic carbocycles. The van der Waals surface area contributed by atoms with Crippen LogP contribution in [0.15, 0.2) is 0 Å². The Morgan fingerprint density at radius 2 is 2.00 bits per heavy atom. The first-order valence-electron chi connectivity index (χ1n) is 7.20. The van der Waals surface area contributed by atoms with E-state index in [1.54, 1.807) is 0 Å². The summed E-state index contributed by atoms with van der Waals surface area (Å²) in [6.07, 6.45) is 6.60. The number of aliphatic hydroxyl groups is 1. The van der Waals surface area contributed by atoms with Gasteiger partial charge < -0.3 is 15.7 Å². The first-order chi connectivity index (χ1) is 8.60. The minimum absolute atomic E-state index is 0.0592. The van der Waals surface area contributed by atoms with Crippen LogP contribution in [-0.4, -0.2) is 37.3 Å². The van der Waals surface area contributed by atoms with Crippen LogP contribution in [-0.2, 0) is 4.79 Å². The highest BCUT2D eigenvalue weighted by Gasteiger charge is 2.38. The number of aliphatic hydroxyl groups excluding tert-OH is 1. The lowest BCUT2D eigenvalue weighted by atomic mass is 9.74. The molecule has 18 heavy (non-hydrogen) atoms. The van der Waals surface area contributed by atoms with E-state index in [-0.39, 0.29) is 23.3 Å². The van der Waals surface area contributed by atoms with E-state index in [0.717, 1.165) is 32.4 Å². The lowest BCUT2D eigenvalue weighted by Crippen LogP contribution is -2.47. The van der Waals surface area contributed by atoms with Crippen LogP contribution < -0.4 is 10.6 Å². The van der Waals surface area contributed by atoms with E-state index in [4.69, 9.17) is 0 Å². The molecule has 1 heterocycles. The highest BCUT2D eigenvalue weighted by Crippen LogP contribution is 2.35. The number of rotatable bonds is 4. The molecule has 2 fully saturated rings. The molecule has 0 bridgehead atoms. The Morgan fingerprint density at radius 1 is 1.28 bits per heavy atom. The molecule has 0 aromatic carbocycles. The summed E-state index contributed by atoms with van der Waals surface area (Å²) in [5.41, 5.74) is -0.318. The number of amides is 1. The maximum atomic E-state index is 12.2. The van der Waals surface area contributed by atoms with Gasteiger partial charge in [0.25, 0.3) is 0 Å². The van der Waals surface area contributed by atoms with Crippen LogP contribution in [0.2, 0.25) is 0 Å². The third-order valence-corrected chi connectivity index (χ3v) is 4.79. The van der Waals surface area contributed by atoms with Gasteiger partial charge in [0.1, 0.15) is 0 Å². The van der Waals surface area contributed by atoms with Gasteiger partial charge >= 0.3 is 0 Å². The second-order valence-electron chi connectivity index (χ2n) is 6.39. The van der Waals surface area contributed by atoms with Crippen LogP contribution in [0, 0.1) is 10.8 Å². The summed E-state index contributed by atoms with van der Waals surface area (Å²) < 4.78 is 0. The van der Waals surface area contributed by atoms with E-state index in [0.29, 0.717) is 6.54 Å². The fraction of sp³-hybridized carbons (Fsp3) is 0.929. The fourth-order valence-electron chi connectivity index (χ4n) is 3.18. The standard InChI is InChI=1S/C14H26N2O2/c1-13(7-8-15-9-13)12(18)16-10-14(11-17)5-3-2-4-6-14/h15,17H,2-11H2,1H3,(H,16,18). The third kappa shape index (κ3) is 2.86. The molecular weight excluding hydrogens is 228 g/mol. The summed E-state index contributed by atoms with van der Waals surface area (Å²) >= 11 is 0. The Bertz CT molecular complexity index is 292. The Labute approximate surface area is 110 Å². The van der Waals surface area contributed by atoms with Crippen molar-refractivity contribution in [2.75, 3.05) is 26.2 Å². The molecule has 0 aromatic heterocycles. The van der Waals surface area contributed by atoms with Crippen molar-refractivity contribution in [2.24, 2.45) is 10.8 Å². The Kier molecular flexibility index (Phi) is 4.28. The van der Waals surface area contributed by atoms with Gasteiger partial charge in [0.05, 0.1) is 12.0 Å². The first kappa shape index (κ1) is 13.8. The monoisotopic (exact) mass is 254 g/mol. The number of carbonyl (C=O) groups is 1. The van der Waals surface area contributed by atoms with E-state index in [9.17, 15) is 9.90 Å². The molecule has 1 saturated carbocycles. The average molecular weight is 254 g/mol. The van der Waals surface area contributed by atoms with Crippen LogP contribution >= 0.6 is 0 Å². The molecule has 2 aliphatic rings. The molecule has 0 radical (unpaired) electrons. The largest absolute Gasteiger partial charge is 0.396 e. The van der Waals surface area contributed by atoms with Crippen LogP contribution in [0.5, 0.6) is 0 Å². The molecule has 0 aromatic rings. The second kappa shape index (κ2) is 5.57. The first-order valence-corrected chi connectivity index (χ1v) is 7.20. The quantitative estimate of drug-likeness (QED) is 0.702. The van der Waals surface area contributed by atoms with Gasteiger partial charge in [0.2, 0.25) is 5.91 Å². The molecule has 1 atom stereocenters. The summed E-state index contributed by atoms with van der Waals surface area (Å²) in [5, 5.41) is 16.0. The van der Waals surface area contributed by atoms with Gasteiger partial charge in [-0.05, 0) is 32.7 Å². The molecule has 1 unspecified atom stereocenters.